The second-order valence-electron chi connectivity index (χ2n) is 4.23. The molecule has 1 radical (unpaired) electrons. The number of benzene rings is 2. The van der Waals surface area contributed by atoms with Gasteiger partial charge in [0.1, 0.15) is 6.10 Å². The molecule has 0 saturated heterocycles. The Kier molecular flexibility index (Phi) is 5.00. The summed E-state index contributed by atoms with van der Waals surface area (Å²) in [5.74, 6) is 0. The van der Waals surface area contributed by atoms with E-state index < -0.39 is 0 Å². The van der Waals surface area contributed by atoms with E-state index in [1.165, 1.54) is 6.47 Å². The molecule has 4 heteroatoms. The summed E-state index contributed by atoms with van der Waals surface area (Å²) < 4.78 is 4.89. The van der Waals surface area contributed by atoms with E-state index in [4.69, 9.17) is 4.74 Å². The molecule has 0 aromatic heterocycles. The molecule has 0 amide bonds. The molecule has 4 nitrogen and oxygen atoms in total. The molecule has 2 rings (SSSR count). The van der Waals surface area contributed by atoms with Crippen LogP contribution in [0, 0.1) is 0 Å². The number of rotatable bonds is 6. The van der Waals surface area contributed by atoms with Crippen molar-refractivity contribution in [2.75, 3.05) is 0 Å². The van der Waals surface area contributed by atoms with Crippen LogP contribution in [0.5, 0.6) is 0 Å². The fourth-order valence-electron chi connectivity index (χ4n) is 1.81. The first-order valence-electron chi connectivity index (χ1n) is 6.43. The van der Waals surface area contributed by atoms with Crippen molar-refractivity contribution < 1.29 is 9.53 Å². The van der Waals surface area contributed by atoms with Crippen molar-refractivity contribution in [2.45, 2.75) is 19.4 Å². The van der Waals surface area contributed by atoms with Gasteiger partial charge in [0.2, 0.25) is 0 Å². The van der Waals surface area contributed by atoms with Gasteiger partial charge in [-0.25, -0.2) is 4.79 Å². The third-order valence-corrected chi connectivity index (χ3v) is 2.86. The highest BCUT2D eigenvalue weighted by Crippen LogP contribution is 2.24. The minimum Gasteiger partial charge on any atom is -0.449 e. The average Bonchev–Trinajstić information content (AvgIpc) is 2.52. The van der Waals surface area contributed by atoms with E-state index in [9.17, 15) is 4.79 Å². The molecule has 0 heterocycles. The molecule has 0 N–H and O–H groups in total. The summed E-state index contributed by atoms with van der Waals surface area (Å²) in [6.07, 6.45) is 0.452. The van der Waals surface area contributed by atoms with E-state index in [0.717, 1.165) is 16.9 Å². The van der Waals surface area contributed by atoms with Gasteiger partial charge in [-0.15, -0.1) is 0 Å². The van der Waals surface area contributed by atoms with Crippen LogP contribution >= 0.6 is 0 Å². The number of hydrogen-bond donors (Lipinski definition) is 0. The third kappa shape index (κ3) is 3.75. The highest BCUT2D eigenvalue weighted by atomic mass is 16.5. The van der Waals surface area contributed by atoms with Crippen LogP contribution in [0.3, 0.4) is 0 Å². The Bertz CT molecular complexity index is 565. The average molecular weight is 267 g/mol. The van der Waals surface area contributed by atoms with Crippen molar-refractivity contribution >= 4 is 17.8 Å². The highest BCUT2D eigenvalue weighted by molar-refractivity contribution is 5.43. The van der Waals surface area contributed by atoms with Gasteiger partial charge < -0.3 is 4.74 Å². The molecule has 1 unspecified atom stereocenters. The second-order valence-corrected chi connectivity index (χ2v) is 4.23. The smallest absolute Gasteiger partial charge is 0.418 e. The fourth-order valence-corrected chi connectivity index (χ4v) is 1.81. The number of ether oxygens (including phenoxy) is 1. The Labute approximate surface area is 118 Å². The largest absolute Gasteiger partial charge is 0.449 e. The van der Waals surface area contributed by atoms with Crippen molar-refractivity contribution in [3.63, 3.8) is 0 Å². The lowest BCUT2D eigenvalue weighted by molar-refractivity contribution is 0.175. The number of hydrogen-bond acceptors (Lipinski definition) is 4. The summed E-state index contributed by atoms with van der Waals surface area (Å²) in [5, 5.41) is 8.29. The van der Waals surface area contributed by atoms with Crippen LogP contribution in [0.25, 0.3) is 0 Å². The maximum Gasteiger partial charge on any atom is 0.418 e. The summed E-state index contributed by atoms with van der Waals surface area (Å²) in [4.78, 5) is 10.3. The maximum absolute atomic E-state index is 10.3. The Morgan fingerprint density at radius 2 is 1.60 bits per heavy atom. The Balaban J connectivity index is 2.08. The van der Waals surface area contributed by atoms with Gasteiger partial charge in [-0.2, -0.15) is 10.2 Å². The Morgan fingerprint density at radius 1 is 1.00 bits per heavy atom. The number of carbonyl (C=O) groups excluding carboxylic acids is 1. The third-order valence-electron chi connectivity index (χ3n) is 2.86. The normalized spacial score (nSPS) is 12.2. The molecule has 0 saturated carbocycles. The first-order valence-corrected chi connectivity index (χ1v) is 6.43. The molecule has 0 aliphatic rings. The Hall–Kier alpha value is -2.49. The van der Waals surface area contributed by atoms with Gasteiger partial charge in [0.05, 0.1) is 11.4 Å². The second kappa shape index (κ2) is 7.19. The molecular formula is C16H15N2O2. The molecule has 0 spiro atoms. The lowest BCUT2D eigenvalue weighted by Crippen LogP contribution is -2.00. The van der Waals surface area contributed by atoms with E-state index in [2.05, 4.69) is 10.2 Å². The fraction of sp³-hybridized carbons (Fsp3) is 0.188. The van der Waals surface area contributed by atoms with E-state index in [-0.39, 0.29) is 6.10 Å². The molecule has 0 bridgehead atoms. The summed E-state index contributed by atoms with van der Waals surface area (Å²) in [6.45, 7) is 3.44. The quantitative estimate of drug-likeness (QED) is 0.716. The van der Waals surface area contributed by atoms with Crippen LogP contribution in [0.1, 0.15) is 25.0 Å². The monoisotopic (exact) mass is 267 g/mol. The molecule has 101 valence electrons. The molecule has 2 aromatic rings. The van der Waals surface area contributed by atoms with Crippen LogP contribution in [0.4, 0.5) is 11.4 Å². The molecular weight excluding hydrogens is 252 g/mol. The lowest BCUT2D eigenvalue weighted by Gasteiger charge is -2.12. The summed E-state index contributed by atoms with van der Waals surface area (Å²) in [6, 6.07) is 17.0. The molecule has 0 aliphatic carbocycles. The van der Waals surface area contributed by atoms with Crippen LogP contribution in [-0.2, 0) is 9.53 Å². The summed E-state index contributed by atoms with van der Waals surface area (Å²) in [7, 11) is 0. The first kappa shape index (κ1) is 13.9. The van der Waals surface area contributed by atoms with Gasteiger partial charge in [0, 0.05) is 0 Å². The molecule has 2 aromatic carbocycles. The van der Waals surface area contributed by atoms with Crippen molar-refractivity contribution in [3.05, 3.63) is 60.2 Å². The van der Waals surface area contributed by atoms with Crippen molar-refractivity contribution in [1.29, 1.82) is 0 Å². The van der Waals surface area contributed by atoms with E-state index in [1.807, 2.05) is 61.5 Å². The van der Waals surface area contributed by atoms with Gasteiger partial charge in [-0.1, -0.05) is 37.3 Å². The first-order chi connectivity index (χ1) is 9.83. The SMILES string of the molecule is CCC(O[C]=O)c1ccc(N=Nc2ccccc2)cc1. The predicted octanol–water partition coefficient (Wildman–Crippen LogP) is 4.64. The van der Waals surface area contributed by atoms with E-state index in [0.29, 0.717) is 6.42 Å². The summed E-state index contributed by atoms with van der Waals surface area (Å²) in [5.41, 5.74) is 2.49. The molecule has 0 fully saturated rings. The Morgan fingerprint density at radius 3 is 2.15 bits per heavy atom. The van der Waals surface area contributed by atoms with E-state index >= 15 is 0 Å². The van der Waals surface area contributed by atoms with Crippen LogP contribution in [-0.4, -0.2) is 6.47 Å². The van der Waals surface area contributed by atoms with E-state index in [1.54, 1.807) is 0 Å². The number of azo groups is 1. The topological polar surface area (TPSA) is 51.0 Å². The van der Waals surface area contributed by atoms with Gasteiger partial charge in [0.15, 0.2) is 0 Å². The minimum atomic E-state index is -0.257. The standard InChI is InChI=1S/C16H15N2O2/c1-2-16(20-12-19)13-8-10-15(11-9-13)18-17-14-6-4-3-5-7-14/h3-11,16H,2H2,1H3. The highest BCUT2D eigenvalue weighted by Gasteiger charge is 2.09. The van der Waals surface area contributed by atoms with Crippen LogP contribution in [0.15, 0.2) is 64.8 Å². The van der Waals surface area contributed by atoms with Crippen LogP contribution in [0.2, 0.25) is 0 Å². The van der Waals surface area contributed by atoms with Gasteiger partial charge in [-0.05, 0) is 36.2 Å². The molecule has 0 aliphatic heterocycles. The van der Waals surface area contributed by atoms with Crippen molar-refractivity contribution in [1.82, 2.24) is 0 Å². The lowest BCUT2D eigenvalue weighted by atomic mass is 10.1. The zero-order valence-corrected chi connectivity index (χ0v) is 11.2. The maximum atomic E-state index is 10.3. The van der Waals surface area contributed by atoms with Crippen molar-refractivity contribution in [2.24, 2.45) is 10.2 Å². The minimum absolute atomic E-state index is 0.257. The zero-order chi connectivity index (χ0) is 14.2. The van der Waals surface area contributed by atoms with Crippen LogP contribution < -0.4 is 0 Å². The predicted molar refractivity (Wildman–Crippen MR) is 76.9 cm³/mol. The zero-order valence-electron chi connectivity index (χ0n) is 11.2. The molecule has 20 heavy (non-hydrogen) atoms. The molecule has 1 atom stereocenters. The van der Waals surface area contributed by atoms with Crippen molar-refractivity contribution in [3.8, 4) is 0 Å². The van der Waals surface area contributed by atoms with Gasteiger partial charge in [0.25, 0.3) is 0 Å². The van der Waals surface area contributed by atoms with Gasteiger partial charge in [-0.3, -0.25) is 0 Å². The number of nitrogens with zero attached hydrogens (tertiary/aromatic N) is 2. The van der Waals surface area contributed by atoms with Gasteiger partial charge >= 0.3 is 6.47 Å². The summed E-state index contributed by atoms with van der Waals surface area (Å²) >= 11 is 0.